The SMILES string of the molecule is CNC(C)c1ccc2c(c1)CCN2CC(=O)NCC1CC1. The molecule has 1 aliphatic carbocycles. The summed E-state index contributed by atoms with van der Waals surface area (Å²) in [6.45, 7) is 4.46. The van der Waals surface area contributed by atoms with Gasteiger partial charge < -0.3 is 15.5 Å². The Hall–Kier alpha value is -1.55. The monoisotopic (exact) mass is 287 g/mol. The maximum atomic E-state index is 12.0. The van der Waals surface area contributed by atoms with Gasteiger partial charge in [0.1, 0.15) is 0 Å². The number of anilines is 1. The smallest absolute Gasteiger partial charge is 0.239 e. The van der Waals surface area contributed by atoms with Crippen LogP contribution in [0.5, 0.6) is 0 Å². The molecule has 1 atom stereocenters. The summed E-state index contributed by atoms with van der Waals surface area (Å²) in [6, 6.07) is 6.98. The third-order valence-corrected chi connectivity index (χ3v) is 4.65. The number of nitrogens with one attached hydrogen (secondary N) is 2. The highest BCUT2D eigenvalue weighted by molar-refractivity contribution is 5.82. The number of fused-ring (bicyclic) bond motifs is 1. The van der Waals surface area contributed by atoms with Crippen LogP contribution >= 0.6 is 0 Å². The molecule has 1 saturated carbocycles. The zero-order valence-corrected chi connectivity index (χ0v) is 13.0. The summed E-state index contributed by atoms with van der Waals surface area (Å²) in [5.74, 6) is 0.896. The Balaban J connectivity index is 1.61. The van der Waals surface area contributed by atoms with Crippen molar-refractivity contribution in [1.82, 2.24) is 10.6 Å². The van der Waals surface area contributed by atoms with Gasteiger partial charge in [0.2, 0.25) is 5.91 Å². The minimum Gasteiger partial charge on any atom is -0.362 e. The molecule has 1 fully saturated rings. The van der Waals surface area contributed by atoms with Gasteiger partial charge in [0.25, 0.3) is 0 Å². The van der Waals surface area contributed by atoms with Gasteiger partial charge in [-0.05, 0) is 56.3 Å². The number of carbonyl (C=O) groups excluding carboxylic acids is 1. The van der Waals surface area contributed by atoms with E-state index in [-0.39, 0.29) is 5.91 Å². The van der Waals surface area contributed by atoms with E-state index in [1.807, 2.05) is 7.05 Å². The highest BCUT2D eigenvalue weighted by Gasteiger charge is 2.24. The number of amides is 1. The molecule has 1 aromatic carbocycles. The summed E-state index contributed by atoms with van der Waals surface area (Å²) in [7, 11) is 1.98. The van der Waals surface area contributed by atoms with E-state index < -0.39 is 0 Å². The van der Waals surface area contributed by atoms with E-state index in [0.717, 1.165) is 25.4 Å². The van der Waals surface area contributed by atoms with Gasteiger partial charge in [0.15, 0.2) is 0 Å². The maximum absolute atomic E-state index is 12.0. The first kappa shape index (κ1) is 14.4. The molecule has 0 radical (unpaired) electrons. The van der Waals surface area contributed by atoms with E-state index >= 15 is 0 Å². The van der Waals surface area contributed by atoms with Crippen molar-refractivity contribution in [2.75, 3.05) is 31.6 Å². The predicted octanol–water partition coefficient (Wildman–Crippen LogP) is 1.86. The van der Waals surface area contributed by atoms with Gasteiger partial charge in [-0.1, -0.05) is 12.1 Å². The summed E-state index contributed by atoms with van der Waals surface area (Å²) < 4.78 is 0. The van der Waals surface area contributed by atoms with Crippen molar-refractivity contribution in [2.45, 2.75) is 32.2 Å². The molecule has 0 aromatic heterocycles. The minimum absolute atomic E-state index is 0.155. The van der Waals surface area contributed by atoms with E-state index in [1.165, 1.54) is 29.7 Å². The van der Waals surface area contributed by atoms with Crippen LogP contribution in [0.25, 0.3) is 0 Å². The molecular weight excluding hydrogens is 262 g/mol. The molecule has 4 heteroatoms. The number of hydrogen-bond acceptors (Lipinski definition) is 3. The number of nitrogens with zero attached hydrogens (tertiary/aromatic N) is 1. The molecule has 1 aliphatic heterocycles. The zero-order valence-electron chi connectivity index (χ0n) is 13.0. The largest absolute Gasteiger partial charge is 0.362 e. The van der Waals surface area contributed by atoms with Crippen LogP contribution in [0, 0.1) is 5.92 Å². The Morgan fingerprint density at radius 2 is 2.24 bits per heavy atom. The van der Waals surface area contributed by atoms with Crippen LogP contribution in [-0.2, 0) is 11.2 Å². The van der Waals surface area contributed by atoms with E-state index in [4.69, 9.17) is 0 Å². The third-order valence-electron chi connectivity index (χ3n) is 4.65. The molecule has 4 nitrogen and oxygen atoms in total. The lowest BCUT2D eigenvalue weighted by Crippen LogP contribution is -2.37. The summed E-state index contributed by atoms with van der Waals surface area (Å²) in [4.78, 5) is 14.2. The van der Waals surface area contributed by atoms with Crippen molar-refractivity contribution < 1.29 is 4.79 Å². The van der Waals surface area contributed by atoms with E-state index in [2.05, 4.69) is 40.7 Å². The van der Waals surface area contributed by atoms with Crippen LogP contribution in [0.4, 0.5) is 5.69 Å². The summed E-state index contributed by atoms with van der Waals surface area (Å²) in [6.07, 6.45) is 3.59. The van der Waals surface area contributed by atoms with Crippen molar-refractivity contribution >= 4 is 11.6 Å². The fraction of sp³-hybridized carbons (Fsp3) is 0.588. The molecule has 1 aromatic rings. The van der Waals surface area contributed by atoms with Gasteiger partial charge >= 0.3 is 0 Å². The summed E-state index contributed by atoms with van der Waals surface area (Å²) in [5.41, 5.74) is 3.91. The molecule has 1 heterocycles. The molecule has 0 spiro atoms. The number of carbonyl (C=O) groups is 1. The van der Waals surface area contributed by atoms with E-state index in [9.17, 15) is 4.79 Å². The lowest BCUT2D eigenvalue weighted by atomic mass is 10.0. The van der Waals surface area contributed by atoms with Crippen LogP contribution in [0.3, 0.4) is 0 Å². The first-order chi connectivity index (χ1) is 10.2. The quantitative estimate of drug-likeness (QED) is 0.839. The van der Waals surface area contributed by atoms with Crippen molar-refractivity contribution in [3.05, 3.63) is 29.3 Å². The van der Waals surface area contributed by atoms with E-state index in [1.54, 1.807) is 0 Å². The van der Waals surface area contributed by atoms with E-state index in [0.29, 0.717) is 12.6 Å². The Bertz CT molecular complexity index is 525. The van der Waals surface area contributed by atoms with Crippen LogP contribution < -0.4 is 15.5 Å². The first-order valence-corrected chi connectivity index (χ1v) is 7.99. The minimum atomic E-state index is 0.155. The molecular formula is C17H25N3O. The van der Waals surface area contributed by atoms with Gasteiger partial charge in [-0.3, -0.25) is 4.79 Å². The van der Waals surface area contributed by atoms with Gasteiger partial charge in [-0.15, -0.1) is 0 Å². The average molecular weight is 287 g/mol. The number of benzene rings is 1. The second-order valence-electron chi connectivity index (χ2n) is 6.32. The van der Waals surface area contributed by atoms with Crippen molar-refractivity contribution in [3.8, 4) is 0 Å². The number of hydrogen-bond donors (Lipinski definition) is 2. The Morgan fingerprint density at radius 3 is 2.95 bits per heavy atom. The zero-order chi connectivity index (χ0) is 14.8. The van der Waals surface area contributed by atoms with Crippen LogP contribution in [-0.4, -0.2) is 32.6 Å². The van der Waals surface area contributed by atoms with Crippen molar-refractivity contribution in [2.24, 2.45) is 5.92 Å². The molecule has 114 valence electrons. The summed E-state index contributed by atoms with van der Waals surface area (Å²) in [5, 5.41) is 6.32. The van der Waals surface area contributed by atoms with Crippen molar-refractivity contribution in [3.63, 3.8) is 0 Å². The second kappa shape index (κ2) is 6.06. The maximum Gasteiger partial charge on any atom is 0.239 e. The third kappa shape index (κ3) is 3.38. The highest BCUT2D eigenvalue weighted by atomic mass is 16.2. The molecule has 3 rings (SSSR count). The Morgan fingerprint density at radius 1 is 1.43 bits per heavy atom. The molecule has 1 unspecified atom stereocenters. The first-order valence-electron chi connectivity index (χ1n) is 7.99. The van der Waals surface area contributed by atoms with Gasteiger partial charge in [-0.25, -0.2) is 0 Å². The predicted molar refractivity (Wildman–Crippen MR) is 85.6 cm³/mol. The molecule has 2 N–H and O–H groups in total. The van der Waals surface area contributed by atoms with Crippen LogP contribution in [0.15, 0.2) is 18.2 Å². The lowest BCUT2D eigenvalue weighted by molar-refractivity contribution is -0.119. The number of rotatable bonds is 6. The van der Waals surface area contributed by atoms with Crippen LogP contribution in [0.1, 0.15) is 36.9 Å². The fourth-order valence-corrected chi connectivity index (χ4v) is 2.90. The highest BCUT2D eigenvalue weighted by Crippen LogP contribution is 2.30. The standard InChI is InChI=1S/C17H25N3O/c1-12(18-2)14-5-6-16-15(9-14)7-8-20(16)11-17(21)19-10-13-3-4-13/h5-6,9,12-13,18H,3-4,7-8,10-11H2,1-2H3,(H,19,21). The Kier molecular flexibility index (Phi) is 4.15. The molecule has 0 saturated heterocycles. The van der Waals surface area contributed by atoms with Crippen molar-refractivity contribution in [1.29, 1.82) is 0 Å². The molecule has 0 bridgehead atoms. The lowest BCUT2D eigenvalue weighted by Gasteiger charge is -2.19. The van der Waals surface area contributed by atoms with Gasteiger partial charge in [0.05, 0.1) is 6.54 Å². The normalized spacial score (nSPS) is 18.5. The molecule has 21 heavy (non-hydrogen) atoms. The van der Waals surface area contributed by atoms with Gasteiger partial charge in [0, 0.05) is 24.8 Å². The topological polar surface area (TPSA) is 44.4 Å². The molecule has 2 aliphatic rings. The Labute approximate surface area is 126 Å². The molecule has 1 amide bonds. The van der Waals surface area contributed by atoms with Crippen LogP contribution in [0.2, 0.25) is 0 Å². The fourth-order valence-electron chi connectivity index (χ4n) is 2.90. The van der Waals surface area contributed by atoms with Gasteiger partial charge in [-0.2, -0.15) is 0 Å². The second-order valence-corrected chi connectivity index (χ2v) is 6.32. The summed E-state index contributed by atoms with van der Waals surface area (Å²) >= 11 is 0. The average Bonchev–Trinajstić information content (AvgIpc) is 3.25.